The van der Waals surface area contributed by atoms with E-state index in [1.165, 1.54) is 12.5 Å². The van der Waals surface area contributed by atoms with Crippen molar-refractivity contribution in [3.63, 3.8) is 0 Å². The topological polar surface area (TPSA) is 112 Å². The highest BCUT2D eigenvalue weighted by molar-refractivity contribution is 5.36. The van der Waals surface area contributed by atoms with Crippen LogP contribution in [0.15, 0.2) is 30.9 Å². The van der Waals surface area contributed by atoms with E-state index >= 15 is 0 Å². The van der Waals surface area contributed by atoms with E-state index in [1.54, 1.807) is 22.9 Å². The summed E-state index contributed by atoms with van der Waals surface area (Å²) in [5.74, 6) is 5.60. The van der Waals surface area contributed by atoms with E-state index in [-0.39, 0.29) is 5.82 Å². The summed E-state index contributed by atoms with van der Waals surface area (Å²) < 4.78 is 1.62. The molecule has 0 unspecified atom stereocenters. The Morgan fingerprint density at radius 3 is 3.00 bits per heavy atom. The van der Waals surface area contributed by atoms with Gasteiger partial charge in [-0.1, -0.05) is 0 Å². The zero-order valence-corrected chi connectivity index (χ0v) is 8.78. The molecular formula is C9H10N6O2. The fourth-order valence-corrected chi connectivity index (χ4v) is 1.39. The van der Waals surface area contributed by atoms with Crippen molar-refractivity contribution < 1.29 is 4.92 Å². The Morgan fingerprint density at radius 2 is 2.35 bits per heavy atom. The first-order valence-electron chi connectivity index (χ1n) is 4.77. The molecule has 0 spiro atoms. The minimum absolute atomic E-state index is 0.170. The molecule has 0 bridgehead atoms. The van der Waals surface area contributed by atoms with Gasteiger partial charge in [0.25, 0.3) is 0 Å². The lowest BCUT2D eigenvalue weighted by molar-refractivity contribution is -0.389. The minimum atomic E-state index is -0.532. The van der Waals surface area contributed by atoms with Gasteiger partial charge in [-0.15, -0.1) is 0 Å². The molecule has 17 heavy (non-hydrogen) atoms. The van der Waals surface area contributed by atoms with Crippen molar-refractivity contribution in [1.82, 2.24) is 14.5 Å². The molecule has 0 aromatic carbocycles. The van der Waals surface area contributed by atoms with Gasteiger partial charge in [-0.25, -0.2) is 10.8 Å². The van der Waals surface area contributed by atoms with Crippen molar-refractivity contribution in [2.45, 2.75) is 6.54 Å². The maximum absolute atomic E-state index is 10.5. The smallest absolute Gasteiger partial charge is 0.358 e. The second kappa shape index (κ2) is 4.58. The van der Waals surface area contributed by atoms with Crippen molar-refractivity contribution in [1.29, 1.82) is 0 Å². The van der Waals surface area contributed by atoms with E-state index in [0.29, 0.717) is 12.4 Å². The molecule has 2 aromatic rings. The molecule has 0 radical (unpaired) electrons. The Hall–Kier alpha value is -2.48. The predicted molar refractivity (Wildman–Crippen MR) is 60.0 cm³/mol. The largest absolute Gasteiger partial charge is 0.381 e. The Balaban J connectivity index is 2.16. The van der Waals surface area contributed by atoms with Crippen LogP contribution in [0.25, 0.3) is 0 Å². The molecule has 8 heteroatoms. The maximum Gasteiger partial charge on any atom is 0.381 e. The number of hydrogen-bond donors (Lipinski definition) is 2. The van der Waals surface area contributed by atoms with Crippen molar-refractivity contribution in [3.05, 3.63) is 46.5 Å². The highest BCUT2D eigenvalue weighted by atomic mass is 16.6. The lowest BCUT2D eigenvalue weighted by Crippen LogP contribution is -2.09. The zero-order valence-electron chi connectivity index (χ0n) is 8.78. The molecule has 2 heterocycles. The number of hydrogen-bond acceptors (Lipinski definition) is 6. The molecule has 0 saturated carbocycles. The van der Waals surface area contributed by atoms with Gasteiger partial charge in [-0.2, -0.15) is 0 Å². The Labute approximate surface area is 96.2 Å². The number of pyridine rings is 1. The lowest BCUT2D eigenvalue weighted by atomic mass is 10.2. The first-order chi connectivity index (χ1) is 8.19. The Morgan fingerprint density at radius 1 is 1.53 bits per heavy atom. The third kappa shape index (κ3) is 2.55. The number of hydrazine groups is 1. The van der Waals surface area contributed by atoms with Crippen molar-refractivity contribution >= 4 is 11.6 Å². The van der Waals surface area contributed by atoms with Gasteiger partial charge < -0.3 is 20.1 Å². The molecule has 0 aliphatic carbocycles. The number of anilines is 1. The first kappa shape index (κ1) is 11.0. The van der Waals surface area contributed by atoms with Crippen molar-refractivity contribution in [3.8, 4) is 0 Å². The summed E-state index contributed by atoms with van der Waals surface area (Å²) in [6, 6.07) is 3.55. The fraction of sp³-hybridized carbons (Fsp3) is 0.111. The standard InChI is InChI=1S/C9H10N6O2/c10-13-8-3-7(1-2-11-8)4-14-5-9(12-6-14)15(16)17/h1-3,5-6H,4,10H2,(H,11,13). The average Bonchev–Trinajstić information content (AvgIpc) is 2.78. The van der Waals surface area contributed by atoms with Crippen molar-refractivity contribution in [2.24, 2.45) is 5.84 Å². The molecule has 0 aliphatic heterocycles. The monoisotopic (exact) mass is 234 g/mol. The maximum atomic E-state index is 10.5. The summed E-state index contributed by atoms with van der Waals surface area (Å²) in [5, 5.41) is 10.5. The number of nitro groups is 1. The van der Waals surface area contributed by atoms with Gasteiger partial charge >= 0.3 is 5.82 Å². The number of nitrogens with one attached hydrogen (secondary N) is 1. The predicted octanol–water partition coefficient (Wildman–Crippen LogP) is 0.520. The number of aromatic nitrogens is 3. The number of nitrogen functional groups attached to an aromatic ring is 1. The Kier molecular flexibility index (Phi) is 2.97. The second-order valence-electron chi connectivity index (χ2n) is 3.35. The minimum Gasteiger partial charge on any atom is -0.358 e. The van der Waals surface area contributed by atoms with Crippen LogP contribution < -0.4 is 11.3 Å². The highest BCUT2D eigenvalue weighted by Crippen LogP contribution is 2.10. The van der Waals surface area contributed by atoms with E-state index in [2.05, 4.69) is 15.4 Å². The summed E-state index contributed by atoms with van der Waals surface area (Å²) >= 11 is 0. The molecule has 0 aliphatic rings. The summed E-state index contributed by atoms with van der Waals surface area (Å²) in [5.41, 5.74) is 3.35. The normalized spacial score (nSPS) is 10.2. The van der Waals surface area contributed by atoms with Gasteiger partial charge in [0.05, 0.1) is 6.54 Å². The third-order valence-electron chi connectivity index (χ3n) is 2.14. The quantitative estimate of drug-likeness (QED) is 0.453. The number of nitrogens with two attached hydrogens (primary N) is 1. The molecule has 0 amide bonds. The van der Waals surface area contributed by atoms with Crippen LogP contribution >= 0.6 is 0 Å². The van der Waals surface area contributed by atoms with Crippen LogP contribution in [0.1, 0.15) is 5.56 Å². The molecule has 0 saturated heterocycles. The van der Waals surface area contributed by atoms with Gasteiger partial charge in [0.1, 0.15) is 12.0 Å². The van der Waals surface area contributed by atoms with Crippen LogP contribution in [-0.2, 0) is 6.54 Å². The van der Waals surface area contributed by atoms with E-state index < -0.39 is 4.92 Å². The van der Waals surface area contributed by atoms with Gasteiger partial charge in [0.2, 0.25) is 6.33 Å². The van der Waals surface area contributed by atoms with E-state index in [0.717, 1.165) is 5.56 Å². The number of nitrogens with zero attached hydrogens (tertiary/aromatic N) is 4. The van der Waals surface area contributed by atoms with Crippen LogP contribution in [0, 0.1) is 10.1 Å². The van der Waals surface area contributed by atoms with Crippen LogP contribution in [0.2, 0.25) is 0 Å². The van der Waals surface area contributed by atoms with Crippen molar-refractivity contribution in [2.75, 3.05) is 5.43 Å². The lowest BCUT2D eigenvalue weighted by Gasteiger charge is -2.03. The molecular weight excluding hydrogens is 224 g/mol. The van der Waals surface area contributed by atoms with Gasteiger partial charge in [-0.3, -0.25) is 0 Å². The Bertz CT molecular complexity index is 538. The van der Waals surface area contributed by atoms with E-state index in [9.17, 15) is 10.1 Å². The highest BCUT2D eigenvalue weighted by Gasteiger charge is 2.09. The summed E-state index contributed by atoms with van der Waals surface area (Å²) in [4.78, 5) is 17.6. The molecule has 0 fully saturated rings. The van der Waals surface area contributed by atoms with Crippen LogP contribution in [0.4, 0.5) is 11.6 Å². The molecule has 2 rings (SSSR count). The van der Waals surface area contributed by atoms with Crippen LogP contribution in [0.3, 0.4) is 0 Å². The summed E-state index contributed by atoms with van der Waals surface area (Å²) in [6.45, 7) is 0.470. The van der Waals surface area contributed by atoms with Gasteiger partial charge in [0.15, 0.2) is 0 Å². The number of rotatable bonds is 4. The fourth-order valence-electron chi connectivity index (χ4n) is 1.39. The van der Waals surface area contributed by atoms with E-state index in [4.69, 9.17) is 5.84 Å². The second-order valence-corrected chi connectivity index (χ2v) is 3.35. The third-order valence-corrected chi connectivity index (χ3v) is 2.14. The van der Waals surface area contributed by atoms with Gasteiger partial charge in [-0.05, 0) is 27.6 Å². The molecule has 2 aromatic heterocycles. The molecule has 88 valence electrons. The van der Waals surface area contributed by atoms with E-state index in [1.807, 2.05) is 0 Å². The van der Waals surface area contributed by atoms with Gasteiger partial charge in [0, 0.05) is 6.20 Å². The molecule has 8 nitrogen and oxygen atoms in total. The number of imidazole rings is 1. The SMILES string of the molecule is NNc1cc(Cn2cnc([N+](=O)[O-])c2)ccn1. The summed E-state index contributed by atoms with van der Waals surface area (Å²) in [7, 11) is 0. The van der Waals surface area contributed by atoms with Crippen LogP contribution in [0.5, 0.6) is 0 Å². The first-order valence-corrected chi connectivity index (χ1v) is 4.77. The average molecular weight is 234 g/mol. The molecule has 3 N–H and O–H groups in total. The summed E-state index contributed by atoms with van der Waals surface area (Å²) in [6.07, 6.45) is 4.39. The van der Waals surface area contributed by atoms with Crippen LogP contribution in [-0.4, -0.2) is 19.5 Å². The molecule has 0 atom stereocenters. The zero-order chi connectivity index (χ0) is 12.3.